The standard InChI is InChI=1S/C13H30N2/c1-7-12(6)15(9-3)13(8-2)10-14-11(4)5/h11-14H,7-10H2,1-6H3. The van der Waals surface area contributed by atoms with Gasteiger partial charge in [-0.15, -0.1) is 0 Å². The zero-order valence-corrected chi connectivity index (χ0v) is 11.5. The number of hydrogen-bond donors (Lipinski definition) is 1. The number of nitrogens with one attached hydrogen (secondary N) is 1. The summed E-state index contributed by atoms with van der Waals surface area (Å²) in [5, 5.41) is 3.55. The Bertz CT molecular complexity index is 145. The van der Waals surface area contributed by atoms with Gasteiger partial charge in [0.25, 0.3) is 0 Å². The molecule has 2 heteroatoms. The lowest BCUT2D eigenvalue weighted by atomic mass is 10.1. The van der Waals surface area contributed by atoms with Crippen LogP contribution in [0.2, 0.25) is 0 Å². The third-order valence-electron chi connectivity index (χ3n) is 3.22. The second-order valence-electron chi connectivity index (χ2n) is 4.71. The van der Waals surface area contributed by atoms with E-state index < -0.39 is 0 Å². The summed E-state index contributed by atoms with van der Waals surface area (Å²) in [5.41, 5.74) is 0. The van der Waals surface area contributed by atoms with Gasteiger partial charge in [-0.2, -0.15) is 0 Å². The molecule has 15 heavy (non-hydrogen) atoms. The number of hydrogen-bond acceptors (Lipinski definition) is 2. The van der Waals surface area contributed by atoms with Gasteiger partial charge in [-0.3, -0.25) is 4.90 Å². The molecule has 0 aromatic carbocycles. The fraction of sp³-hybridized carbons (Fsp3) is 1.00. The Labute approximate surface area is 96.4 Å². The summed E-state index contributed by atoms with van der Waals surface area (Å²) < 4.78 is 0. The van der Waals surface area contributed by atoms with Crippen LogP contribution >= 0.6 is 0 Å². The summed E-state index contributed by atoms with van der Waals surface area (Å²) in [6.07, 6.45) is 2.48. The van der Waals surface area contributed by atoms with Crippen LogP contribution in [-0.4, -0.2) is 36.1 Å². The van der Waals surface area contributed by atoms with E-state index in [1.165, 1.54) is 12.8 Å². The van der Waals surface area contributed by atoms with E-state index in [9.17, 15) is 0 Å². The topological polar surface area (TPSA) is 15.3 Å². The van der Waals surface area contributed by atoms with E-state index in [1.54, 1.807) is 0 Å². The third kappa shape index (κ3) is 5.53. The third-order valence-corrected chi connectivity index (χ3v) is 3.22. The van der Waals surface area contributed by atoms with Crippen molar-refractivity contribution in [3.05, 3.63) is 0 Å². The summed E-state index contributed by atoms with van der Waals surface area (Å²) in [7, 11) is 0. The maximum absolute atomic E-state index is 3.55. The SMILES string of the molecule is CCC(C)N(CC)C(CC)CNC(C)C. The van der Waals surface area contributed by atoms with Crippen LogP contribution in [0.25, 0.3) is 0 Å². The fourth-order valence-corrected chi connectivity index (χ4v) is 2.03. The highest BCUT2D eigenvalue weighted by Crippen LogP contribution is 2.11. The lowest BCUT2D eigenvalue weighted by Crippen LogP contribution is -2.47. The Morgan fingerprint density at radius 2 is 1.60 bits per heavy atom. The van der Waals surface area contributed by atoms with E-state index in [2.05, 4.69) is 51.8 Å². The largest absolute Gasteiger partial charge is 0.313 e. The average molecular weight is 214 g/mol. The second kappa shape index (κ2) is 8.12. The molecule has 2 unspecified atom stereocenters. The van der Waals surface area contributed by atoms with E-state index in [-0.39, 0.29) is 0 Å². The molecule has 0 aliphatic heterocycles. The molecule has 0 heterocycles. The second-order valence-corrected chi connectivity index (χ2v) is 4.71. The van der Waals surface area contributed by atoms with Gasteiger partial charge >= 0.3 is 0 Å². The minimum absolute atomic E-state index is 0.592. The Hall–Kier alpha value is -0.0800. The van der Waals surface area contributed by atoms with Gasteiger partial charge in [-0.25, -0.2) is 0 Å². The summed E-state index contributed by atoms with van der Waals surface area (Å²) in [4.78, 5) is 2.62. The first-order chi connectivity index (χ1) is 7.06. The molecule has 0 aliphatic rings. The predicted octanol–water partition coefficient (Wildman–Crippen LogP) is 2.88. The zero-order chi connectivity index (χ0) is 11.8. The van der Waals surface area contributed by atoms with Gasteiger partial charge in [0.1, 0.15) is 0 Å². The first kappa shape index (κ1) is 14.9. The molecule has 0 fully saturated rings. The molecule has 2 nitrogen and oxygen atoms in total. The predicted molar refractivity (Wildman–Crippen MR) is 69.4 cm³/mol. The van der Waals surface area contributed by atoms with E-state index in [4.69, 9.17) is 0 Å². The van der Waals surface area contributed by atoms with E-state index in [0.29, 0.717) is 18.1 Å². The van der Waals surface area contributed by atoms with Crippen LogP contribution in [0, 0.1) is 0 Å². The molecule has 0 saturated carbocycles. The first-order valence-corrected chi connectivity index (χ1v) is 6.55. The molecule has 0 spiro atoms. The number of nitrogens with zero attached hydrogens (tertiary/aromatic N) is 1. The molecule has 0 aromatic rings. The molecule has 0 rings (SSSR count). The maximum atomic E-state index is 3.55. The van der Waals surface area contributed by atoms with Crippen LogP contribution in [0.5, 0.6) is 0 Å². The molecule has 0 amide bonds. The quantitative estimate of drug-likeness (QED) is 0.668. The van der Waals surface area contributed by atoms with Gasteiger partial charge in [0.05, 0.1) is 0 Å². The lowest BCUT2D eigenvalue weighted by molar-refractivity contribution is 0.139. The number of rotatable bonds is 8. The summed E-state index contributed by atoms with van der Waals surface area (Å²) in [6.45, 7) is 15.9. The Morgan fingerprint density at radius 1 is 1.00 bits per heavy atom. The smallest absolute Gasteiger partial charge is 0.0220 e. The fourth-order valence-electron chi connectivity index (χ4n) is 2.03. The highest BCUT2D eigenvalue weighted by atomic mass is 15.2. The van der Waals surface area contributed by atoms with Crippen molar-refractivity contribution in [2.45, 2.75) is 72.5 Å². The molecule has 0 bridgehead atoms. The van der Waals surface area contributed by atoms with Crippen LogP contribution in [0.3, 0.4) is 0 Å². The molecule has 0 radical (unpaired) electrons. The van der Waals surface area contributed by atoms with Crippen molar-refractivity contribution in [3.63, 3.8) is 0 Å². The molecule has 0 aliphatic carbocycles. The van der Waals surface area contributed by atoms with Crippen LogP contribution < -0.4 is 5.32 Å². The zero-order valence-electron chi connectivity index (χ0n) is 11.5. The summed E-state index contributed by atoms with van der Waals surface area (Å²) in [5.74, 6) is 0. The molecule has 92 valence electrons. The van der Waals surface area contributed by atoms with Crippen LogP contribution in [0.1, 0.15) is 54.4 Å². The van der Waals surface area contributed by atoms with Crippen molar-refractivity contribution in [2.75, 3.05) is 13.1 Å². The van der Waals surface area contributed by atoms with E-state index in [0.717, 1.165) is 13.1 Å². The van der Waals surface area contributed by atoms with E-state index in [1.807, 2.05) is 0 Å². The molecule has 0 aromatic heterocycles. The van der Waals surface area contributed by atoms with Gasteiger partial charge in [0, 0.05) is 24.7 Å². The molecule has 1 N–H and O–H groups in total. The maximum Gasteiger partial charge on any atom is 0.0220 e. The van der Waals surface area contributed by atoms with Crippen molar-refractivity contribution >= 4 is 0 Å². The molecule has 2 atom stereocenters. The van der Waals surface area contributed by atoms with Gasteiger partial charge in [-0.1, -0.05) is 34.6 Å². The number of likely N-dealkylation sites (N-methyl/N-ethyl adjacent to an activating group) is 1. The Balaban J connectivity index is 4.20. The highest BCUT2D eigenvalue weighted by molar-refractivity contribution is 4.76. The lowest BCUT2D eigenvalue weighted by Gasteiger charge is -2.35. The molecular weight excluding hydrogens is 184 g/mol. The van der Waals surface area contributed by atoms with Crippen molar-refractivity contribution < 1.29 is 0 Å². The Kier molecular flexibility index (Phi) is 8.07. The van der Waals surface area contributed by atoms with Crippen molar-refractivity contribution in [3.8, 4) is 0 Å². The summed E-state index contributed by atoms with van der Waals surface area (Å²) >= 11 is 0. The first-order valence-electron chi connectivity index (χ1n) is 6.55. The monoisotopic (exact) mass is 214 g/mol. The van der Waals surface area contributed by atoms with Crippen molar-refractivity contribution in [2.24, 2.45) is 0 Å². The normalized spacial score (nSPS) is 16.0. The molecular formula is C13H30N2. The van der Waals surface area contributed by atoms with Crippen LogP contribution in [0.15, 0.2) is 0 Å². The van der Waals surface area contributed by atoms with Crippen LogP contribution in [0.4, 0.5) is 0 Å². The van der Waals surface area contributed by atoms with Gasteiger partial charge in [0.2, 0.25) is 0 Å². The molecule has 0 saturated heterocycles. The minimum atomic E-state index is 0.592. The summed E-state index contributed by atoms with van der Waals surface area (Å²) in [6, 6.07) is 1.98. The van der Waals surface area contributed by atoms with Crippen LogP contribution in [-0.2, 0) is 0 Å². The Morgan fingerprint density at radius 3 is 1.93 bits per heavy atom. The van der Waals surface area contributed by atoms with Crippen molar-refractivity contribution in [1.29, 1.82) is 0 Å². The minimum Gasteiger partial charge on any atom is -0.313 e. The van der Waals surface area contributed by atoms with Gasteiger partial charge in [0.15, 0.2) is 0 Å². The van der Waals surface area contributed by atoms with E-state index >= 15 is 0 Å². The van der Waals surface area contributed by atoms with Gasteiger partial charge < -0.3 is 5.32 Å². The average Bonchev–Trinajstić information content (AvgIpc) is 2.22. The highest BCUT2D eigenvalue weighted by Gasteiger charge is 2.19. The van der Waals surface area contributed by atoms with Gasteiger partial charge in [-0.05, 0) is 26.3 Å². The van der Waals surface area contributed by atoms with Crippen molar-refractivity contribution in [1.82, 2.24) is 10.2 Å².